The molecule has 5 aliphatic heterocycles. The number of nitrogens with zero attached hydrogens (tertiary/aromatic N) is 5. The van der Waals surface area contributed by atoms with Gasteiger partial charge in [-0.15, -0.1) is 0 Å². The van der Waals surface area contributed by atoms with Gasteiger partial charge in [0.2, 0.25) is 0 Å². The van der Waals surface area contributed by atoms with Crippen LogP contribution in [0.5, 0.6) is 5.75 Å². The maximum atomic E-state index is 14.2. The lowest BCUT2D eigenvalue weighted by Crippen LogP contribution is -2.54. The summed E-state index contributed by atoms with van der Waals surface area (Å²) in [5.41, 5.74) is 5.06. The Morgan fingerprint density at radius 1 is 0.918 bits per heavy atom. The number of hydrogen-bond donors (Lipinski definition) is 2. The van der Waals surface area contributed by atoms with Crippen LogP contribution in [-0.2, 0) is 22.4 Å². The number of carbonyl (C=O) groups is 3. The Kier molecular flexibility index (Phi) is 10.1. The van der Waals surface area contributed by atoms with Crippen molar-refractivity contribution >= 4 is 29.4 Å². The van der Waals surface area contributed by atoms with E-state index in [1.54, 1.807) is 4.90 Å². The molecule has 1 unspecified atom stereocenters. The van der Waals surface area contributed by atoms with Gasteiger partial charge in [0.25, 0.3) is 5.91 Å². The van der Waals surface area contributed by atoms with Crippen molar-refractivity contribution in [3.8, 4) is 5.75 Å². The number of carbonyl (C=O) groups excluding carboxylic acids is 3. The molecule has 2 aromatic carbocycles. The number of piperidine rings is 2. The molecule has 7 rings (SSSR count). The molecule has 2 N–H and O–H groups in total. The van der Waals surface area contributed by atoms with Crippen molar-refractivity contribution in [1.29, 1.82) is 0 Å². The maximum Gasteiger partial charge on any atom is 0.410 e. The van der Waals surface area contributed by atoms with Gasteiger partial charge < -0.3 is 39.7 Å². The largest absolute Gasteiger partial charge is 0.490 e. The van der Waals surface area contributed by atoms with Crippen molar-refractivity contribution in [3.05, 3.63) is 53.1 Å². The maximum absolute atomic E-state index is 14.2. The minimum atomic E-state index is -0.936. The van der Waals surface area contributed by atoms with Gasteiger partial charge >= 0.3 is 12.1 Å². The number of aryl methyl sites for hydroxylation is 1. The minimum absolute atomic E-state index is 0.0318. The van der Waals surface area contributed by atoms with Gasteiger partial charge in [0, 0.05) is 90.1 Å². The number of benzene rings is 2. The van der Waals surface area contributed by atoms with E-state index in [9.17, 15) is 14.4 Å². The average molecular weight is 674 g/mol. The van der Waals surface area contributed by atoms with Crippen LogP contribution in [0.2, 0.25) is 0 Å². The number of fused-ring (bicyclic) bond motifs is 2. The molecule has 0 bridgehead atoms. The summed E-state index contributed by atoms with van der Waals surface area (Å²) in [5.74, 6) is 0.678. The van der Waals surface area contributed by atoms with E-state index in [1.165, 1.54) is 0 Å². The SMILES string of the molecule is Cc1cc(CC(OC(=O)N2CCC(N3CCc4ccccc4NC3=O)CC2)C(=O)N2CCC(N3CCNCC3)CC2)cc2c1N(C)CCO2. The molecule has 0 spiro atoms. The summed E-state index contributed by atoms with van der Waals surface area (Å²) < 4.78 is 12.2. The molecule has 1 atom stereocenters. The molecule has 0 aliphatic carbocycles. The van der Waals surface area contributed by atoms with E-state index >= 15 is 0 Å². The number of nitrogens with one attached hydrogen (secondary N) is 2. The van der Waals surface area contributed by atoms with Crippen molar-refractivity contribution in [1.82, 2.24) is 24.9 Å². The quantitative estimate of drug-likeness (QED) is 0.481. The van der Waals surface area contributed by atoms with Crippen LogP contribution in [0.1, 0.15) is 42.4 Å². The predicted molar refractivity (Wildman–Crippen MR) is 188 cm³/mol. The Balaban J connectivity index is 1.01. The van der Waals surface area contributed by atoms with Gasteiger partial charge in [0.15, 0.2) is 6.10 Å². The third-order valence-corrected chi connectivity index (χ3v) is 11.1. The van der Waals surface area contributed by atoms with Crippen LogP contribution in [0.25, 0.3) is 0 Å². The third-order valence-electron chi connectivity index (χ3n) is 11.1. The lowest BCUT2D eigenvalue weighted by atomic mass is 9.99. The highest BCUT2D eigenvalue weighted by Gasteiger charge is 2.36. The van der Waals surface area contributed by atoms with Gasteiger partial charge in [0.1, 0.15) is 12.4 Å². The summed E-state index contributed by atoms with van der Waals surface area (Å²) in [4.78, 5) is 51.3. The highest BCUT2D eigenvalue weighted by atomic mass is 16.6. The zero-order valence-electron chi connectivity index (χ0n) is 29.0. The first-order chi connectivity index (χ1) is 23.8. The van der Waals surface area contributed by atoms with E-state index in [4.69, 9.17) is 9.47 Å². The Hall–Kier alpha value is -4.03. The van der Waals surface area contributed by atoms with Gasteiger partial charge in [-0.25, -0.2) is 9.59 Å². The van der Waals surface area contributed by atoms with E-state index in [2.05, 4.69) is 46.5 Å². The molecular formula is C37H51N7O5. The molecule has 0 aromatic heterocycles. The molecule has 5 heterocycles. The van der Waals surface area contributed by atoms with Crippen molar-refractivity contribution in [2.45, 2.75) is 63.6 Å². The van der Waals surface area contributed by atoms with Crippen LogP contribution in [0.3, 0.4) is 0 Å². The molecule has 5 aliphatic rings. The average Bonchev–Trinajstić information content (AvgIpc) is 3.29. The minimum Gasteiger partial charge on any atom is -0.490 e. The monoisotopic (exact) mass is 673 g/mol. The Morgan fingerprint density at radius 2 is 1.63 bits per heavy atom. The van der Waals surface area contributed by atoms with Crippen LogP contribution in [0.15, 0.2) is 36.4 Å². The molecule has 49 heavy (non-hydrogen) atoms. The first kappa shape index (κ1) is 33.5. The second-order valence-corrected chi connectivity index (χ2v) is 14.2. The Morgan fingerprint density at radius 3 is 2.41 bits per heavy atom. The molecule has 3 saturated heterocycles. The van der Waals surface area contributed by atoms with Crippen LogP contribution in [-0.4, -0.2) is 135 Å². The van der Waals surface area contributed by atoms with Gasteiger partial charge in [0.05, 0.1) is 12.2 Å². The molecule has 2 aromatic rings. The molecule has 0 radical (unpaired) electrons. The molecule has 3 fully saturated rings. The normalized spacial score (nSPS) is 21.6. The fraction of sp³-hybridized carbons (Fsp3) is 0.595. The number of likely N-dealkylation sites (N-methyl/N-ethyl adjacent to an activating group) is 1. The molecule has 12 nitrogen and oxygen atoms in total. The van der Waals surface area contributed by atoms with Crippen LogP contribution in [0.4, 0.5) is 21.0 Å². The number of piperazine rings is 1. The lowest BCUT2D eigenvalue weighted by Gasteiger charge is -2.41. The molecule has 264 valence electrons. The first-order valence-corrected chi connectivity index (χ1v) is 18.2. The van der Waals surface area contributed by atoms with Gasteiger partial charge in [-0.05, 0) is 67.9 Å². The summed E-state index contributed by atoms with van der Waals surface area (Å²) in [5, 5.41) is 6.49. The molecule has 4 amide bonds. The molecular weight excluding hydrogens is 622 g/mol. The number of anilines is 2. The summed E-state index contributed by atoms with van der Waals surface area (Å²) >= 11 is 0. The Labute approximate surface area is 289 Å². The predicted octanol–water partition coefficient (Wildman–Crippen LogP) is 3.32. The van der Waals surface area contributed by atoms with E-state index < -0.39 is 12.2 Å². The van der Waals surface area contributed by atoms with Crippen LogP contribution in [0, 0.1) is 6.92 Å². The summed E-state index contributed by atoms with van der Waals surface area (Å²) in [6.45, 7) is 10.5. The van der Waals surface area contributed by atoms with Gasteiger partial charge in [-0.2, -0.15) is 0 Å². The summed E-state index contributed by atoms with van der Waals surface area (Å²) in [6, 6.07) is 12.4. The fourth-order valence-electron chi connectivity index (χ4n) is 8.33. The number of urea groups is 1. The van der Waals surface area contributed by atoms with Gasteiger partial charge in [-0.1, -0.05) is 24.3 Å². The number of likely N-dealkylation sites (tertiary alicyclic amines) is 2. The van der Waals surface area contributed by atoms with Crippen molar-refractivity contribution < 1.29 is 23.9 Å². The fourth-order valence-corrected chi connectivity index (χ4v) is 8.33. The van der Waals surface area contributed by atoms with Crippen LogP contribution < -0.4 is 20.3 Å². The highest BCUT2D eigenvalue weighted by Crippen LogP contribution is 2.36. The number of ether oxygens (including phenoxy) is 2. The van der Waals surface area contributed by atoms with Crippen molar-refractivity contribution in [2.75, 3.05) is 89.3 Å². The van der Waals surface area contributed by atoms with E-state index in [-0.39, 0.29) is 24.4 Å². The second-order valence-electron chi connectivity index (χ2n) is 14.2. The van der Waals surface area contributed by atoms with Crippen molar-refractivity contribution in [3.63, 3.8) is 0 Å². The standard InChI is InChI=1S/C37H51N7O5/c1-26-23-27(24-32-34(26)40(2)21-22-48-32)25-33(35(45)42-14-8-29(9-15-42)41-19-12-38-13-20-41)49-37(47)43-16-10-30(11-17-43)44-18-7-28-5-3-4-6-31(28)39-36(44)46/h3-6,23-24,29-30,33,38H,7-22,25H2,1-2H3,(H,39,46). The van der Waals surface area contributed by atoms with E-state index in [1.807, 2.05) is 34.1 Å². The van der Waals surface area contributed by atoms with Crippen molar-refractivity contribution in [2.24, 2.45) is 0 Å². The smallest absolute Gasteiger partial charge is 0.410 e. The third kappa shape index (κ3) is 7.45. The number of rotatable bonds is 6. The number of hydrogen-bond acceptors (Lipinski definition) is 8. The molecule has 0 saturated carbocycles. The van der Waals surface area contributed by atoms with E-state index in [0.717, 1.165) is 85.8 Å². The lowest BCUT2D eigenvalue weighted by molar-refractivity contribution is -0.142. The zero-order valence-corrected chi connectivity index (χ0v) is 29.0. The van der Waals surface area contributed by atoms with Gasteiger partial charge in [-0.3, -0.25) is 9.69 Å². The summed E-state index contributed by atoms with van der Waals surface area (Å²) in [7, 11) is 2.06. The second kappa shape index (κ2) is 14.8. The summed E-state index contributed by atoms with van der Waals surface area (Å²) in [6.07, 6.45) is 2.84. The first-order valence-electron chi connectivity index (χ1n) is 18.2. The Bertz CT molecular complexity index is 1510. The van der Waals surface area contributed by atoms with Crippen LogP contribution >= 0.6 is 0 Å². The number of para-hydroxylation sites is 1. The number of amides is 4. The van der Waals surface area contributed by atoms with E-state index in [0.29, 0.717) is 58.2 Å². The zero-order chi connectivity index (χ0) is 33.9. The highest BCUT2D eigenvalue weighted by molar-refractivity contribution is 5.91. The topological polar surface area (TPSA) is 110 Å². The molecule has 12 heteroatoms.